The van der Waals surface area contributed by atoms with Crippen LogP contribution in [0, 0.1) is 0 Å². The molecule has 1 aromatic rings. The van der Waals surface area contributed by atoms with Crippen molar-refractivity contribution in [1.29, 1.82) is 0 Å². The molecular weight excluding hydrogens is 216 g/mol. The summed E-state index contributed by atoms with van der Waals surface area (Å²) in [6, 6.07) is 0. The molecule has 0 amide bonds. The van der Waals surface area contributed by atoms with E-state index in [1.807, 2.05) is 17.1 Å². The zero-order chi connectivity index (χ0) is 9.97. The molecule has 1 aromatic heterocycles. The fraction of sp³-hybridized carbons (Fsp3) is 0.667. The Labute approximate surface area is 92.2 Å². The highest BCUT2D eigenvalue weighted by atomic mass is 32.2. The third kappa shape index (κ3) is 2.21. The number of rotatable bonds is 2. The first-order valence-corrected chi connectivity index (χ1v) is 6.77. The predicted octanol–water partition coefficient (Wildman–Crippen LogP) is 1.75. The summed E-state index contributed by atoms with van der Waals surface area (Å²) in [5, 5.41) is 12.4. The highest BCUT2D eigenvalue weighted by molar-refractivity contribution is 7.99. The first-order chi connectivity index (χ1) is 6.77. The maximum atomic E-state index is 9.36. The molecule has 5 heteroatoms. The van der Waals surface area contributed by atoms with Crippen molar-refractivity contribution in [3.63, 3.8) is 0 Å². The predicted molar refractivity (Wildman–Crippen MR) is 62.3 cm³/mol. The van der Waals surface area contributed by atoms with Gasteiger partial charge in [0.2, 0.25) is 0 Å². The van der Waals surface area contributed by atoms with E-state index in [1.54, 1.807) is 18.3 Å². The summed E-state index contributed by atoms with van der Waals surface area (Å²) in [5.74, 6) is 2.37. The van der Waals surface area contributed by atoms with E-state index in [4.69, 9.17) is 0 Å². The maximum absolute atomic E-state index is 9.36. The molecule has 1 saturated heterocycles. The number of aliphatic hydroxyl groups excluding tert-OH is 1. The van der Waals surface area contributed by atoms with E-state index in [2.05, 4.69) is 9.88 Å². The Morgan fingerprint density at radius 1 is 1.50 bits per heavy atom. The van der Waals surface area contributed by atoms with Crippen LogP contribution in [0.4, 0.5) is 5.13 Å². The van der Waals surface area contributed by atoms with E-state index < -0.39 is 6.10 Å². The molecule has 1 N–H and O–H groups in total. The zero-order valence-electron chi connectivity index (χ0n) is 8.14. The summed E-state index contributed by atoms with van der Waals surface area (Å²) in [6.45, 7) is 3.92. The van der Waals surface area contributed by atoms with Crippen molar-refractivity contribution >= 4 is 28.2 Å². The molecule has 2 rings (SSSR count). The van der Waals surface area contributed by atoms with Gasteiger partial charge in [-0.1, -0.05) is 0 Å². The standard InChI is InChI=1S/C9H14N2OS2/c1-7(12)8-6-14-9(10-8)11-2-4-13-5-3-11/h6-7,12H,2-5H2,1H3. The van der Waals surface area contributed by atoms with Crippen LogP contribution >= 0.6 is 23.1 Å². The number of aliphatic hydroxyl groups is 1. The van der Waals surface area contributed by atoms with E-state index in [-0.39, 0.29) is 0 Å². The fourth-order valence-electron chi connectivity index (χ4n) is 1.37. The van der Waals surface area contributed by atoms with Gasteiger partial charge < -0.3 is 10.0 Å². The summed E-state index contributed by atoms with van der Waals surface area (Å²) >= 11 is 3.62. The van der Waals surface area contributed by atoms with Gasteiger partial charge >= 0.3 is 0 Å². The summed E-state index contributed by atoms with van der Waals surface area (Å²) in [6.07, 6.45) is -0.445. The molecule has 78 valence electrons. The molecule has 3 nitrogen and oxygen atoms in total. The summed E-state index contributed by atoms with van der Waals surface area (Å²) in [7, 11) is 0. The Morgan fingerprint density at radius 3 is 2.79 bits per heavy atom. The molecule has 1 aliphatic heterocycles. The number of nitrogens with zero attached hydrogens (tertiary/aromatic N) is 2. The average Bonchev–Trinajstić information content (AvgIpc) is 2.68. The smallest absolute Gasteiger partial charge is 0.185 e. The molecule has 0 saturated carbocycles. The van der Waals surface area contributed by atoms with Gasteiger partial charge in [-0.15, -0.1) is 11.3 Å². The highest BCUT2D eigenvalue weighted by Gasteiger charge is 2.15. The van der Waals surface area contributed by atoms with E-state index >= 15 is 0 Å². The quantitative estimate of drug-likeness (QED) is 0.840. The molecule has 0 spiro atoms. The molecule has 1 fully saturated rings. The van der Waals surface area contributed by atoms with E-state index in [9.17, 15) is 5.11 Å². The fourth-order valence-corrected chi connectivity index (χ4v) is 3.24. The second-order valence-corrected chi connectivity index (χ2v) is 5.39. The van der Waals surface area contributed by atoms with Gasteiger partial charge in [-0.2, -0.15) is 11.8 Å². The lowest BCUT2D eigenvalue weighted by Crippen LogP contribution is -2.32. The molecule has 14 heavy (non-hydrogen) atoms. The molecule has 0 radical (unpaired) electrons. The number of aromatic nitrogens is 1. The second kappa shape index (κ2) is 4.51. The number of anilines is 1. The van der Waals surface area contributed by atoms with Crippen LogP contribution in [0.5, 0.6) is 0 Å². The van der Waals surface area contributed by atoms with Gasteiger partial charge in [-0.3, -0.25) is 0 Å². The van der Waals surface area contributed by atoms with Crippen LogP contribution < -0.4 is 4.90 Å². The molecule has 1 aliphatic rings. The van der Waals surface area contributed by atoms with Crippen molar-refractivity contribution in [3.05, 3.63) is 11.1 Å². The van der Waals surface area contributed by atoms with Crippen LogP contribution in [0.25, 0.3) is 0 Å². The van der Waals surface area contributed by atoms with Gasteiger partial charge in [0.15, 0.2) is 5.13 Å². The topological polar surface area (TPSA) is 36.4 Å². The summed E-state index contributed by atoms with van der Waals surface area (Å²) in [5.41, 5.74) is 0.795. The molecule has 2 heterocycles. The zero-order valence-corrected chi connectivity index (χ0v) is 9.77. The minimum Gasteiger partial charge on any atom is -0.387 e. The van der Waals surface area contributed by atoms with Crippen molar-refractivity contribution in [2.45, 2.75) is 13.0 Å². The molecule has 1 atom stereocenters. The third-order valence-electron chi connectivity index (χ3n) is 2.22. The van der Waals surface area contributed by atoms with E-state index in [0.717, 1.165) is 23.9 Å². The van der Waals surface area contributed by atoms with Crippen LogP contribution in [0.15, 0.2) is 5.38 Å². The first-order valence-electron chi connectivity index (χ1n) is 4.73. The average molecular weight is 230 g/mol. The minimum absolute atomic E-state index is 0.445. The highest BCUT2D eigenvalue weighted by Crippen LogP contribution is 2.25. The Morgan fingerprint density at radius 2 is 2.21 bits per heavy atom. The molecule has 0 aromatic carbocycles. The van der Waals surface area contributed by atoms with Gasteiger partial charge in [0, 0.05) is 30.0 Å². The van der Waals surface area contributed by atoms with Gasteiger partial charge in [0.1, 0.15) is 0 Å². The van der Waals surface area contributed by atoms with Crippen LogP contribution in [0.3, 0.4) is 0 Å². The Kier molecular flexibility index (Phi) is 3.30. The molecule has 0 aliphatic carbocycles. The lowest BCUT2D eigenvalue weighted by atomic mass is 10.3. The van der Waals surface area contributed by atoms with Crippen LogP contribution in [-0.2, 0) is 0 Å². The van der Waals surface area contributed by atoms with Gasteiger partial charge in [-0.05, 0) is 6.92 Å². The minimum atomic E-state index is -0.445. The van der Waals surface area contributed by atoms with Crippen LogP contribution in [-0.4, -0.2) is 34.7 Å². The van der Waals surface area contributed by atoms with Crippen molar-refractivity contribution in [2.24, 2.45) is 0 Å². The van der Waals surface area contributed by atoms with Gasteiger partial charge in [0.05, 0.1) is 11.8 Å². The summed E-state index contributed by atoms with van der Waals surface area (Å²) in [4.78, 5) is 6.72. The number of thioether (sulfide) groups is 1. The lowest BCUT2D eigenvalue weighted by Gasteiger charge is -2.25. The number of hydrogen-bond acceptors (Lipinski definition) is 5. The van der Waals surface area contributed by atoms with E-state index in [1.165, 1.54) is 11.5 Å². The van der Waals surface area contributed by atoms with Gasteiger partial charge in [0.25, 0.3) is 0 Å². The van der Waals surface area contributed by atoms with Crippen LogP contribution in [0.1, 0.15) is 18.7 Å². The van der Waals surface area contributed by atoms with Crippen molar-refractivity contribution in [3.8, 4) is 0 Å². The van der Waals surface area contributed by atoms with Crippen molar-refractivity contribution in [2.75, 3.05) is 29.5 Å². The van der Waals surface area contributed by atoms with Gasteiger partial charge in [-0.25, -0.2) is 4.98 Å². The normalized spacial score (nSPS) is 19.7. The van der Waals surface area contributed by atoms with Crippen LogP contribution in [0.2, 0.25) is 0 Å². The first kappa shape index (κ1) is 10.3. The largest absolute Gasteiger partial charge is 0.387 e. The Hall–Kier alpha value is -0.260. The maximum Gasteiger partial charge on any atom is 0.185 e. The number of thiazole rings is 1. The molecule has 0 bridgehead atoms. The second-order valence-electron chi connectivity index (χ2n) is 3.33. The number of hydrogen-bond donors (Lipinski definition) is 1. The lowest BCUT2D eigenvalue weighted by molar-refractivity contribution is 0.195. The third-order valence-corrected chi connectivity index (χ3v) is 4.08. The Bertz CT molecular complexity index is 295. The van der Waals surface area contributed by atoms with Crippen molar-refractivity contribution < 1.29 is 5.11 Å². The molecular formula is C9H14N2OS2. The van der Waals surface area contributed by atoms with Crippen molar-refractivity contribution in [1.82, 2.24) is 4.98 Å². The summed E-state index contributed by atoms with van der Waals surface area (Å²) < 4.78 is 0. The molecule has 1 unspecified atom stereocenters. The SMILES string of the molecule is CC(O)c1csc(N2CCSCC2)n1. The Balaban J connectivity index is 2.07. The van der Waals surface area contributed by atoms with E-state index in [0.29, 0.717) is 0 Å². The monoisotopic (exact) mass is 230 g/mol.